The van der Waals surface area contributed by atoms with Gasteiger partial charge in [-0.05, 0) is 11.5 Å². The zero-order valence-corrected chi connectivity index (χ0v) is 11.5. The van der Waals surface area contributed by atoms with Crippen LogP contribution in [0.2, 0.25) is 0 Å². The normalized spacial score (nSPS) is 18.6. The molecule has 0 saturated carbocycles. The molecular weight excluding hydrogens is 236 g/mol. The summed E-state index contributed by atoms with van der Waals surface area (Å²) in [6, 6.07) is 10.8. The molecule has 0 fully saturated rings. The second kappa shape index (κ2) is 5.13. The summed E-state index contributed by atoms with van der Waals surface area (Å²) in [6.07, 6.45) is 0.860. The maximum Gasteiger partial charge on any atom is 0.150 e. The topological polar surface area (TPSA) is 42.7 Å². The first-order chi connectivity index (χ1) is 9.25. The minimum absolute atomic E-state index is 0.325. The lowest BCUT2D eigenvalue weighted by Gasteiger charge is -2.27. The third-order valence-corrected chi connectivity index (χ3v) is 3.71. The molecule has 100 valence electrons. The second-order valence-corrected chi connectivity index (χ2v) is 5.46. The summed E-state index contributed by atoms with van der Waals surface area (Å²) in [7, 11) is 0. The Morgan fingerprint density at radius 3 is 2.79 bits per heavy atom. The van der Waals surface area contributed by atoms with Crippen LogP contribution >= 0.6 is 0 Å². The van der Waals surface area contributed by atoms with Crippen LogP contribution in [0, 0.1) is 5.92 Å². The summed E-state index contributed by atoms with van der Waals surface area (Å²) in [5.41, 5.74) is 1.29. The second-order valence-electron chi connectivity index (χ2n) is 5.46. The first-order valence-electron chi connectivity index (χ1n) is 6.95. The fraction of sp³-hybridized carbons (Fsp3) is 0.467. The Morgan fingerprint density at radius 2 is 2.05 bits per heavy atom. The van der Waals surface area contributed by atoms with Crippen molar-refractivity contribution in [2.45, 2.75) is 32.9 Å². The number of aromatic nitrogens is 3. The van der Waals surface area contributed by atoms with Crippen molar-refractivity contribution in [3.8, 4) is 0 Å². The Hall–Kier alpha value is -1.68. The van der Waals surface area contributed by atoms with Gasteiger partial charge in [-0.25, -0.2) is 0 Å². The molecule has 0 saturated heterocycles. The monoisotopic (exact) mass is 256 g/mol. The lowest BCUT2D eigenvalue weighted by Crippen LogP contribution is -2.37. The minimum Gasteiger partial charge on any atom is -0.312 e. The number of nitrogens with one attached hydrogen (secondary N) is 1. The molecule has 0 bridgehead atoms. The highest BCUT2D eigenvalue weighted by Gasteiger charge is 2.26. The van der Waals surface area contributed by atoms with Crippen molar-refractivity contribution in [1.82, 2.24) is 20.1 Å². The largest absolute Gasteiger partial charge is 0.312 e. The Labute approximate surface area is 113 Å². The molecule has 1 atom stereocenters. The fourth-order valence-corrected chi connectivity index (χ4v) is 2.69. The van der Waals surface area contributed by atoms with E-state index < -0.39 is 0 Å². The molecule has 3 rings (SSSR count). The number of hydrogen-bond acceptors (Lipinski definition) is 3. The summed E-state index contributed by atoms with van der Waals surface area (Å²) in [5, 5.41) is 12.3. The van der Waals surface area contributed by atoms with Crippen molar-refractivity contribution in [3.05, 3.63) is 47.5 Å². The average molecular weight is 256 g/mol. The zero-order valence-electron chi connectivity index (χ0n) is 11.5. The molecular formula is C15H20N4. The van der Waals surface area contributed by atoms with E-state index in [4.69, 9.17) is 0 Å². The van der Waals surface area contributed by atoms with Crippen LogP contribution in [0.1, 0.15) is 37.1 Å². The predicted octanol–water partition coefficient (Wildman–Crippen LogP) is 2.17. The van der Waals surface area contributed by atoms with E-state index in [2.05, 4.69) is 58.2 Å². The number of rotatable bonds is 3. The molecule has 0 amide bonds. The molecule has 0 spiro atoms. The Kier molecular flexibility index (Phi) is 3.34. The molecule has 1 N–H and O–H groups in total. The number of fused-ring (bicyclic) bond motifs is 1. The molecule has 1 aromatic carbocycles. The minimum atomic E-state index is 0.325. The molecule has 1 aromatic heterocycles. The van der Waals surface area contributed by atoms with Crippen LogP contribution in [0.5, 0.6) is 0 Å². The molecule has 4 nitrogen and oxygen atoms in total. The summed E-state index contributed by atoms with van der Waals surface area (Å²) < 4.78 is 2.29. The van der Waals surface area contributed by atoms with Crippen molar-refractivity contribution in [2.24, 2.45) is 5.92 Å². The van der Waals surface area contributed by atoms with Gasteiger partial charge in [0.1, 0.15) is 5.82 Å². The van der Waals surface area contributed by atoms with Gasteiger partial charge < -0.3 is 9.88 Å². The highest BCUT2D eigenvalue weighted by molar-refractivity contribution is 5.20. The van der Waals surface area contributed by atoms with Crippen LogP contribution < -0.4 is 5.32 Å². The van der Waals surface area contributed by atoms with Crippen LogP contribution in [0.3, 0.4) is 0 Å². The van der Waals surface area contributed by atoms with E-state index >= 15 is 0 Å². The Morgan fingerprint density at radius 1 is 1.26 bits per heavy atom. The van der Waals surface area contributed by atoms with E-state index in [0.29, 0.717) is 12.0 Å². The Bertz CT molecular complexity index is 545. The van der Waals surface area contributed by atoms with Crippen molar-refractivity contribution in [3.63, 3.8) is 0 Å². The zero-order chi connectivity index (χ0) is 13.2. The average Bonchev–Trinajstić information content (AvgIpc) is 2.83. The van der Waals surface area contributed by atoms with Crippen LogP contribution in [0.4, 0.5) is 0 Å². The van der Waals surface area contributed by atoms with Crippen molar-refractivity contribution < 1.29 is 0 Å². The maximum atomic E-state index is 4.41. The van der Waals surface area contributed by atoms with Gasteiger partial charge in [0.2, 0.25) is 0 Å². The molecule has 0 aliphatic carbocycles. The molecule has 1 aliphatic rings. The van der Waals surface area contributed by atoms with Gasteiger partial charge in [-0.15, -0.1) is 10.2 Å². The van der Waals surface area contributed by atoms with E-state index in [1.807, 2.05) is 6.07 Å². The standard InChI is InChI=1S/C15H20N4/c1-11(2)14-15-18-17-13(19(15)9-8-16-14)10-12-6-4-3-5-7-12/h3-7,11,14,16H,8-10H2,1-2H3. The maximum absolute atomic E-state index is 4.41. The van der Waals surface area contributed by atoms with Gasteiger partial charge in [0.05, 0.1) is 6.04 Å². The first-order valence-corrected chi connectivity index (χ1v) is 6.95. The van der Waals surface area contributed by atoms with Gasteiger partial charge in [-0.2, -0.15) is 0 Å². The smallest absolute Gasteiger partial charge is 0.150 e. The number of nitrogens with zero attached hydrogens (tertiary/aromatic N) is 3. The summed E-state index contributed by atoms with van der Waals surface area (Å²) in [4.78, 5) is 0. The quantitative estimate of drug-likeness (QED) is 0.915. The number of benzene rings is 1. The summed E-state index contributed by atoms with van der Waals surface area (Å²) in [5.74, 6) is 2.70. The van der Waals surface area contributed by atoms with Gasteiger partial charge >= 0.3 is 0 Å². The highest BCUT2D eigenvalue weighted by Crippen LogP contribution is 2.24. The summed E-state index contributed by atoms with van der Waals surface area (Å²) in [6.45, 7) is 6.40. The lowest BCUT2D eigenvalue weighted by molar-refractivity contribution is 0.335. The lowest BCUT2D eigenvalue weighted by atomic mass is 10.0. The molecule has 19 heavy (non-hydrogen) atoms. The summed E-state index contributed by atoms with van der Waals surface area (Å²) >= 11 is 0. The van der Waals surface area contributed by atoms with E-state index in [-0.39, 0.29) is 0 Å². The van der Waals surface area contributed by atoms with Crippen molar-refractivity contribution in [1.29, 1.82) is 0 Å². The van der Waals surface area contributed by atoms with E-state index in [1.165, 1.54) is 5.56 Å². The molecule has 2 heterocycles. The van der Waals surface area contributed by atoms with Crippen LogP contribution in [0.25, 0.3) is 0 Å². The SMILES string of the molecule is CC(C)C1NCCn2c(Cc3ccccc3)nnc21. The van der Waals surface area contributed by atoms with Crippen LogP contribution in [-0.4, -0.2) is 21.3 Å². The molecule has 4 heteroatoms. The van der Waals surface area contributed by atoms with Gasteiger partial charge in [-0.1, -0.05) is 44.2 Å². The van der Waals surface area contributed by atoms with Crippen LogP contribution in [-0.2, 0) is 13.0 Å². The van der Waals surface area contributed by atoms with Gasteiger partial charge in [-0.3, -0.25) is 0 Å². The molecule has 1 unspecified atom stereocenters. The van der Waals surface area contributed by atoms with Gasteiger partial charge in [0, 0.05) is 19.5 Å². The molecule has 1 aliphatic heterocycles. The van der Waals surface area contributed by atoms with E-state index in [1.54, 1.807) is 0 Å². The number of hydrogen-bond donors (Lipinski definition) is 1. The van der Waals surface area contributed by atoms with Gasteiger partial charge in [0.25, 0.3) is 0 Å². The third kappa shape index (κ3) is 2.40. The third-order valence-electron chi connectivity index (χ3n) is 3.71. The first kappa shape index (κ1) is 12.4. The highest BCUT2D eigenvalue weighted by atomic mass is 15.3. The fourth-order valence-electron chi connectivity index (χ4n) is 2.69. The van der Waals surface area contributed by atoms with Crippen LogP contribution in [0.15, 0.2) is 30.3 Å². The van der Waals surface area contributed by atoms with Crippen molar-refractivity contribution in [2.75, 3.05) is 6.54 Å². The van der Waals surface area contributed by atoms with Crippen molar-refractivity contribution >= 4 is 0 Å². The van der Waals surface area contributed by atoms with Gasteiger partial charge in [0.15, 0.2) is 5.82 Å². The molecule has 0 radical (unpaired) electrons. The molecule has 2 aromatic rings. The van der Waals surface area contributed by atoms with E-state index in [0.717, 1.165) is 31.2 Å². The predicted molar refractivity (Wildman–Crippen MR) is 74.9 cm³/mol. The van der Waals surface area contributed by atoms with E-state index in [9.17, 15) is 0 Å². The Balaban J connectivity index is 1.89.